The molecule has 3 heterocycles. The molecule has 1 amide bonds. The van der Waals surface area contributed by atoms with Gasteiger partial charge in [-0.05, 0) is 75.1 Å². The maximum atomic E-state index is 15.9. The number of benzene rings is 2. The van der Waals surface area contributed by atoms with Crippen molar-refractivity contribution in [2.75, 3.05) is 0 Å². The molecule has 6 nitrogen and oxygen atoms in total. The van der Waals surface area contributed by atoms with E-state index in [-0.39, 0.29) is 35.0 Å². The van der Waals surface area contributed by atoms with E-state index in [4.69, 9.17) is 0 Å². The van der Waals surface area contributed by atoms with Crippen molar-refractivity contribution in [3.8, 4) is 16.8 Å². The zero-order chi connectivity index (χ0) is 24.1. The average molecular weight is 474 g/mol. The quantitative estimate of drug-likeness (QED) is 0.508. The minimum Gasteiger partial charge on any atom is -0.478 e. The van der Waals surface area contributed by atoms with Crippen LogP contribution in [0.4, 0.5) is 4.39 Å². The smallest absolute Gasteiger partial charge is 0.339 e. The van der Waals surface area contributed by atoms with Crippen LogP contribution in [-0.4, -0.2) is 43.7 Å². The first-order valence-corrected chi connectivity index (χ1v) is 12.6. The topological polar surface area (TPSA) is 75.4 Å². The number of carboxylic acid groups (broad SMARTS) is 1. The van der Waals surface area contributed by atoms with Crippen molar-refractivity contribution in [1.29, 1.82) is 0 Å². The zero-order valence-electron chi connectivity index (χ0n) is 19.5. The van der Waals surface area contributed by atoms with Crippen LogP contribution in [0.5, 0.6) is 0 Å². The van der Waals surface area contributed by atoms with Gasteiger partial charge in [-0.15, -0.1) is 0 Å². The minimum atomic E-state index is -0.992. The highest BCUT2D eigenvalue weighted by molar-refractivity contribution is 5.96. The fraction of sp³-hybridized carbons (Fsp3) is 0.393. The Kier molecular flexibility index (Phi) is 5.43. The molecule has 3 aromatic rings. The van der Waals surface area contributed by atoms with Gasteiger partial charge >= 0.3 is 5.97 Å². The van der Waals surface area contributed by atoms with E-state index in [0.29, 0.717) is 22.5 Å². The molecule has 2 saturated heterocycles. The Labute approximate surface area is 203 Å². The van der Waals surface area contributed by atoms with E-state index in [9.17, 15) is 14.7 Å². The molecule has 2 aromatic carbocycles. The van der Waals surface area contributed by atoms with Gasteiger partial charge in [-0.2, -0.15) is 5.10 Å². The fourth-order valence-electron chi connectivity index (χ4n) is 6.00. The van der Waals surface area contributed by atoms with Gasteiger partial charge in [-0.25, -0.2) is 13.9 Å². The van der Waals surface area contributed by atoms with Crippen LogP contribution in [0.1, 0.15) is 83.7 Å². The number of aromatic nitrogens is 2. The van der Waals surface area contributed by atoms with E-state index < -0.39 is 11.8 Å². The highest BCUT2D eigenvalue weighted by Crippen LogP contribution is 2.43. The lowest BCUT2D eigenvalue weighted by atomic mass is 9.84. The van der Waals surface area contributed by atoms with E-state index >= 15 is 4.39 Å². The summed E-state index contributed by atoms with van der Waals surface area (Å²) in [7, 11) is 0. The molecule has 0 spiro atoms. The molecule has 0 atom stereocenters. The predicted octanol–water partition coefficient (Wildman–Crippen LogP) is 5.80. The Morgan fingerprint density at radius 2 is 1.60 bits per heavy atom. The largest absolute Gasteiger partial charge is 0.478 e. The Hall–Kier alpha value is -3.48. The summed E-state index contributed by atoms with van der Waals surface area (Å²) in [6, 6.07) is 12.7. The first-order valence-electron chi connectivity index (χ1n) is 12.6. The Morgan fingerprint density at radius 3 is 2.26 bits per heavy atom. The van der Waals surface area contributed by atoms with Crippen LogP contribution in [0.2, 0.25) is 0 Å². The number of piperidine rings is 2. The number of aromatic carboxylic acids is 1. The lowest BCUT2D eigenvalue weighted by Gasteiger charge is -2.46. The number of amides is 1. The summed E-state index contributed by atoms with van der Waals surface area (Å²) >= 11 is 0. The van der Waals surface area contributed by atoms with Gasteiger partial charge in [0.2, 0.25) is 0 Å². The molecule has 2 aliphatic heterocycles. The summed E-state index contributed by atoms with van der Waals surface area (Å²) in [5.41, 5.74) is 2.69. The van der Waals surface area contributed by atoms with Crippen molar-refractivity contribution in [1.82, 2.24) is 14.7 Å². The number of fused-ring (bicyclic) bond motifs is 2. The molecule has 0 radical (unpaired) electrons. The fourth-order valence-corrected chi connectivity index (χ4v) is 6.00. The average Bonchev–Trinajstić information content (AvgIpc) is 3.60. The first kappa shape index (κ1) is 22.0. The van der Waals surface area contributed by atoms with E-state index in [1.807, 2.05) is 29.2 Å². The van der Waals surface area contributed by atoms with Crippen molar-refractivity contribution in [3.05, 3.63) is 71.3 Å². The van der Waals surface area contributed by atoms with Crippen molar-refractivity contribution < 1.29 is 19.1 Å². The lowest BCUT2D eigenvalue weighted by Crippen LogP contribution is -2.52. The Morgan fingerprint density at radius 1 is 0.914 bits per heavy atom. The first-order chi connectivity index (χ1) is 17.0. The monoisotopic (exact) mass is 473 g/mol. The molecule has 180 valence electrons. The highest BCUT2D eigenvalue weighted by atomic mass is 19.1. The zero-order valence-corrected chi connectivity index (χ0v) is 19.5. The van der Waals surface area contributed by atoms with E-state index in [0.717, 1.165) is 51.4 Å². The number of hydrogen-bond acceptors (Lipinski definition) is 3. The second-order valence-corrected chi connectivity index (χ2v) is 10.0. The van der Waals surface area contributed by atoms with Crippen molar-refractivity contribution >= 4 is 11.9 Å². The number of nitrogens with zero attached hydrogens (tertiary/aromatic N) is 3. The number of carbonyl (C=O) groups is 2. The van der Waals surface area contributed by atoms with Crippen LogP contribution in [0.3, 0.4) is 0 Å². The number of hydrogen-bond donors (Lipinski definition) is 1. The maximum absolute atomic E-state index is 15.9. The van der Waals surface area contributed by atoms with E-state index in [2.05, 4.69) is 5.10 Å². The van der Waals surface area contributed by atoms with Crippen LogP contribution in [-0.2, 0) is 0 Å². The minimum absolute atomic E-state index is 0.123. The standard InChI is InChI=1S/C28H28FN3O3/c29-25-22(11-4-12-23(25)27(33)31-19-6-2-7-20(31)9-3-8-19)18-5-1-10-21(15-18)32-26(17-13-14-17)24(16-30-32)28(34)35/h1,4-5,10-12,15-17,19-20H,2-3,6-9,13-14H2,(H,34,35). The SMILES string of the molecule is O=C(O)c1cnn(-c2cccc(-c3cccc(C(=O)N4C5CCCC4CCC5)c3F)c2)c1C1CC1. The van der Waals surface area contributed by atoms with Crippen molar-refractivity contribution in [3.63, 3.8) is 0 Å². The lowest BCUT2D eigenvalue weighted by molar-refractivity contribution is 0.0281. The molecule has 3 aliphatic rings. The molecule has 3 fully saturated rings. The molecule has 1 N–H and O–H groups in total. The molecule has 1 saturated carbocycles. The molecule has 6 rings (SSSR count). The third-order valence-electron chi connectivity index (χ3n) is 7.80. The maximum Gasteiger partial charge on any atom is 0.339 e. The summed E-state index contributed by atoms with van der Waals surface area (Å²) in [5, 5.41) is 13.9. The number of rotatable bonds is 5. The molecule has 1 aliphatic carbocycles. The molecule has 2 bridgehead atoms. The van der Waals surface area contributed by atoms with Crippen LogP contribution in [0, 0.1) is 5.82 Å². The van der Waals surface area contributed by atoms with Gasteiger partial charge in [0.05, 0.1) is 23.1 Å². The van der Waals surface area contributed by atoms with E-state index in [1.165, 1.54) is 6.20 Å². The molecular formula is C28H28FN3O3. The molecule has 0 unspecified atom stereocenters. The predicted molar refractivity (Wildman–Crippen MR) is 129 cm³/mol. The normalized spacial score (nSPS) is 21.7. The number of carbonyl (C=O) groups excluding carboxylic acids is 1. The van der Waals surface area contributed by atoms with Gasteiger partial charge < -0.3 is 10.0 Å². The van der Waals surface area contributed by atoms with Gasteiger partial charge in [0.25, 0.3) is 5.91 Å². The van der Waals surface area contributed by atoms with Crippen molar-refractivity contribution in [2.24, 2.45) is 0 Å². The van der Waals surface area contributed by atoms with Crippen molar-refractivity contribution in [2.45, 2.75) is 69.4 Å². The highest BCUT2D eigenvalue weighted by Gasteiger charge is 2.38. The third-order valence-corrected chi connectivity index (χ3v) is 7.80. The van der Waals surface area contributed by atoms with Crippen LogP contribution < -0.4 is 0 Å². The second-order valence-electron chi connectivity index (χ2n) is 10.0. The Balaban J connectivity index is 1.36. The van der Waals surface area contributed by atoms with Gasteiger partial charge in [0.1, 0.15) is 11.4 Å². The third kappa shape index (κ3) is 3.83. The van der Waals surface area contributed by atoms with E-state index in [1.54, 1.807) is 22.9 Å². The summed E-state index contributed by atoms with van der Waals surface area (Å²) in [6.07, 6.45) is 9.51. The second kappa shape index (κ2) is 8.63. The van der Waals surface area contributed by atoms with Crippen LogP contribution >= 0.6 is 0 Å². The summed E-state index contributed by atoms with van der Waals surface area (Å²) in [6.45, 7) is 0. The van der Waals surface area contributed by atoms with Gasteiger partial charge in [-0.3, -0.25) is 4.79 Å². The number of carboxylic acids is 1. The Bertz CT molecular complexity index is 1290. The molecule has 35 heavy (non-hydrogen) atoms. The number of halogens is 1. The summed E-state index contributed by atoms with van der Waals surface area (Å²) in [4.78, 5) is 27.2. The molecule has 7 heteroatoms. The molecule has 1 aromatic heterocycles. The molecular weight excluding hydrogens is 445 g/mol. The van der Waals surface area contributed by atoms with Gasteiger partial charge in [0, 0.05) is 23.6 Å². The summed E-state index contributed by atoms with van der Waals surface area (Å²) < 4.78 is 17.5. The van der Waals surface area contributed by atoms with Crippen LogP contribution in [0.15, 0.2) is 48.7 Å². The van der Waals surface area contributed by atoms with Crippen LogP contribution in [0.25, 0.3) is 16.8 Å². The summed E-state index contributed by atoms with van der Waals surface area (Å²) in [5.74, 6) is -1.53. The van der Waals surface area contributed by atoms with Gasteiger partial charge in [0.15, 0.2) is 0 Å². The van der Waals surface area contributed by atoms with Gasteiger partial charge in [-0.1, -0.05) is 24.3 Å².